The van der Waals surface area contributed by atoms with E-state index in [2.05, 4.69) is 0 Å². The van der Waals surface area contributed by atoms with Gasteiger partial charge in [0.15, 0.2) is 5.78 Å². The monoisotopic (exact) mass is 420 g/mol. The molecule has 1 fully saturated rings. The van der Waals surface area contributed by atoms with Gasteiger partial charge in [-0.2, -0.15) is 0 Å². The van der Waals surface area contributed by atoms with Crippen molar-refractivity contribution in [3.63, 3.8) is 0 Å². The van der Waals surface area contributed by atoms with E-state index < -0.39 is 5.41 Å². The minimum absolute atomic E-state index is 0.0725. The number of thiophene rings is 1. The van der Waals surface area contributed by atoms with Crippen LogP contribution in [-0.2, 0) is 20.9 Å². The van der Waals surface area contributed by atoms with Gasteiger partial charge >= 0.3 is 0 Å². The summed E-state index contributed by atoms with van der Waals surface area (Å²) < 4.78 is 7.73. The van der Waals surface area contributed by atoms with E-state index in [4.69, 9.17) is 4.74 Å². The van der Waals surface area contributed by atoms with E-state index in [0.29, 0.717) is 35.5 Å². The first-order valence-corrected chi connectivity index (χ1v) is 10.8. The molecule has 0 aromatic carbocycles. The maximum Gasteiger partial charge on any atom is 0.269 e. The number of hydrogen-bond acceptors (Lipinski definition) is 6. The fourth-order valence-electron chi connectivity index (χ4n) is 2.67. The van der Waals surface area contributed by atoms with E-state index in [0.717, 1.165) is 4.88 Å². The molecule has 8 heteroatoms. The van der Waals surface area contributed by atoms with Gasteiger partial charge in [-0.15, -0.1) is 22.7 Å². The molecule has 3 heterocycles. The summed E-state index contributed by atoms with van der Waals surface area (Å²) in [5, 5.41) is 1.94. The Bertz CT molecular complexity index is 1020. The Kier molecular flexibility index (Phi) is 6.32. The van der Waals surface area contributed by atoms with Crippen LogP contribution in [0.15, 0.2) is 22.3 Å². The van der Waals surface area contributed by atoms with Gasteiger partial charge in [0.2, 0.25) is 5.91 Å². The van der Waals surface area contributed by atoms with E-state index in [9.17, 15) is 14.4 Å². The molecule has 150 valence electrons. The van der Waals surface area contributed by atoms with Crippen LogP contribution in [0.4, 0.5) is 0 Å². The Hall–Kier alpha value is -2.03. The standard InChI is InChI=1S/C20H24N2O4S2/c1-20(2,3)16(23)12-18-22(13-17(24)21-6-8-26-9-7-21)19(25)15(28-18)11-14-5-4-10-27-14/h4-5,10-12H,6-9,13H2,1-3H3/b15-11-,18-12-. The summed E-state index contributed by atoms with van der Waals surface area (Å²) in [4.78, 5) is 40.9. The molecule has 1 saturated heterocycles. The highest BCUT2D eigenvalue weighted by atomic mass is 32.1. The molecule has 2 aromatic rings. The second-order valence-electron chi connectivity index (χ2n) is 7.61. The number of ether oxygens (including phenoxy) is 1. The van der Waals surface area contributed by atoms with Crippen molar-refractivity contribution in [1.29, 1.82) is 0 Å². The van der Waals surface area contributed by atoms with Crippen molar-refractivity contribution < 1.29 is 14.3 Å². The van der Waals surface area contributed by atoms with Gasteiger partial charge in [0, 0.05) is 29.5 Å². The van der Waals surface area contributed by atoms with Gasteiger partial charge in [0.1, 0.15) is 11.2 Å². The Morgan fingerprint density at radius 1 is 1.25 bits per heavy atom. The maximum absolute atomic E-state index is 13.0. The van der Waals surface area contributed by atoms with Gasteiger partial charge in [-0.05, 0) is 17.5 Å². The molecular weight excluding hydrogens is 396 g/mol. The lowest BCUT2D eigenvalue weighted by Gasteiger charge is -2.26. The zero-order chi connectivity index (χ0) is 20.3. The molecule has 2 aromatic heterocycles. The third-order valence-corrected chi connectivity index (χ3v) is 6.28. The van der Waals surface area contributed by atoms with Crippen LogP contribution in [-0.4, -0.2) is 47.5 Å². The number of aromatic nitrogens is 1. The number of hydrogen-bond donors (Lipinski definition) is 0. The van der Waals surface area contributed by atoms with Crippen molar-refractivity contribution in [2.45, 2.75) is 27.3 Å². The van der Waals surface area contributed by atoms with Crippen LogP contribution >= 0.6 is 22.7 Å². The lowest BCUT2D eigenvalue weighted by Crippen LogP contribution is -2.45. The van der Waals surface area contributed by atoms with E-state index in [1.165, 1.54) is 33.3 Å². The number of carbonyl (C=O) groups is 2. The lowest BCUT2D eigenvalue weighted by atomic mass is 9.91. The van der Waals surface area contributed by atoms with Gasteiger partial charge < -0.3 is 9.64 Å². The second-order valence-corrected chi connectivity index (χ2v) is 9.65. The zero-order valence-electron chi connectivity index (χ0n) is 16.3. The predicted molar refractivity (Wildman–Crippen MR) is 112 cm³/mol. The molecule has 0 spiro atoms. The van der Waals surface area contributed by atoms with E-state index >= 15 is 0 Å². The van der Waals surface area contributed by atoms with Gasteiger partial charge in [0.25, 0.3) is 5.56 Å². The summed E-state index contributed by atoms with van der Waals surface area (Å²) in [6, 6.07) is 3.84. The van der Waals surface area contributed by atoms with Gasteiger partial charge in [-0.25, -0.2) is 0 Å². The van der Waals surface area contributed by atoms with Crippen molar-refractivity contribution in [1.82, 2.24) is 9.47 Å². The van der Waals surface area contributed by atoms with E-state index in [-0.39, 0.29) is 23.8 Å². The molecule has 1 aliphatic heterocycles. The van der Waals surface area contributed by atoms with Crippen LogP contribution in [0.25, 0.3) is 12.2 Å². The molecule has 0 N–H and O–H groups in total. The second kappa shape index (κ2) is 8.55. The number of morpholine rings is 1. The van der Waals surface area contributed by atoms with Crippen molar-refractivity contribution in [2.24, 2.45) is 5.41 Å². The molecule has 3 rings (SSSR count). The largest absolute Gasteiger partial charge is 0.378 e. The summed E-state index contributed by atoms with van der Waals surface area (Å²) in [5.41, 5.74) is -0.801. The summed E-state index contributed by atoms with van der Waals surface area (Å²) in [6.45, 7) is 7.47. The van der Waals surface area contributed by atoms with Gasteiger partial charge in [0.05, 0.1) is 17.7 Å². The third kappa shape index (κ3) is 4.87. The normalized spacial score (nSPS) is 16.6. The average Bonchev–Trinajstić information content (AvgIpc) is 3.26. The highest BCUT2D eigenvalue weighted by molar-refractivity contribution is 7.11. The summed E-state index contributed by atoms with van der Waals surface area (Å²) in [7, 11) is 0. The molecule has 1 aliphatic rings. The van der Waals surface area contributed by atoms with Gasteiger partial charge in [-0.1, -0.05) is 26.8 Å². The van der Waals surface area contributed by atoms with Crippen LogP contribution in [0.2, 0.25) is 0 Å². The summed E-state index contributed by atoms with van der Waals surface area (Å²) >= 11 is 2.78. The average molecular weight is 421 g/mol. The topological polar surface area (TPSA) is 68.6 Å². The molecule has 0 bridgehead atoms. The highest BCUT2D eigenvalue weighted by Crippen LogP contribution is 2.15. The molecule has 6 nitrogen and oxygen atoms in total. The number of rotatable bonds is 4. The number of Topliss-reactive ketones (excluding diaryl/α,β-unsaturated/α-hetero) is 1. The van der Waals surface area contributed by atoms with E-state index in [1.807, 2.05) is 44.4 Å². The molecule has 0 radical (unpaired) electrons. The lowest BCUT2D eigenvalue weighted by molar-refractivity contribution is -0.136. The van der Waals surface area contributed by atoms with Crippen molar-refractivity contribution in [3.05, 3.63) is 41.9 Å². The predicted octanol–water partition coefficient (Wildman–Crippen LogP) is 1.05. The van der Waals surface area contributed by atoms with Crippen LogP contribution < -0.4 is 14.8 Å². The number of amides is 1. The molecular formula is C20H24N2O4S2. The Labute approximate surface area is 171 Å². The number of nitrogens with zero attached hydrogens (tertiary/aromatic N) is 2. The zero-order valence-corrected chi connectivity index (χ0v) is 17.9. The van der Waals surface area contributed by atoms with Crippen LogP contribution in [0.5, 0.6) is 0 Å². The first-order chi connectivity index (χ1) is 13.3. The molecule has 0 atom stereocenters. The Morgan fingerprint density at radius 2 is 1.96 bits per heavy atom. The van der Waals surface area contributed by atoms with Crippen molar-refractivity contribution >= 4 is 46.5 Å². The number of carbonyl (C=O) groups excluding carboxylic acids is 2. The first-order valence-electron chi connectivity index (χ1n) is 9.12. The SMILES string of the molecule is CC(C)(C)C(=O)/C=c1\s/c(=C\c2cccs2)c(=O)n1CC(=O)N1CCOCC1. The van der Waals surface area contributed by atoms with Crippen molar-refractivity contribution in [2.75, 3.05) is 26.3 Å². The quantitative estimate of drug-likeness (QED) is 0.742. The minimum atomic E-state index is -0.559. The Morgan fingerprint density at radius 3 is 2.57 bits per heavy atom. The summed E-state index contributed by atoms with van der Waals surface area (Å²) in [5.74, 6) is -0.215. The summed E-state index contributed by atoms with van der Waals surface area (Å²) in [6.07, 6.45) is 3.30. The highest BCUT2D eigenvalue weighted by Gasteiger charge is 2.21. The number of ketones is 1. The minimum Gasteiger partial charge on any atom is -0.378 e. The van der Waals surface area contributed by atoms with Crippen LogP contribution in [0.3, 0.4) is 0 Å². The maximum atomic E-state index is 13.0. The van der Waals surface area contributed by atoms with Crippen LogP contribution in [0, 0.1) is 5.41 Å². The molecule has 28 heavy (non-hydrogen) atoms. The molecule has 0 unspecified atom stereocenters. The third-order valence-electron chi connectivity index (χ3n) is 4.40. The van der Waals surface area contributed by atoms with Crippen molar-refractivity contribution in [3.8, 4) is 0 Å². The fraction of sp³-hybridized carbons (Fsp3) is 0.450. The molecule has 0 aliphatic carbocycles. The van der Waals surface area contributed by atoms with E-state index in [1.54, 1.807) is 4.90 Å². The van der Waals surface area contributed by atoms with Crippen LogP contribution in [0.1, 0.15) is 25.6 Å². The molecule has 0 saturated carbocycles. The first kappa shape index (κ1) is 20.7. The Balaban J connectivity index is 2.04. The molecule has 1 amide bonds. The number of thiazole rings is 1. The van der Waals surface area contributed by atoms with Gasteiger partial charge in [-0.3, -0.25) is 19.0 Å². The fourth-order valence-corrected chi connectivity index (χ4v) is 4.44. The smallest absolute Gasteiger partial charge is 0.269 e.